The molecule has 1 N–H and O–H groups in total. The first kappa shape index (κ1) is 14.2. The number of rotatable bonds is 6. The quantitative estimate of drug-likeness (QED) is 0.788. The Morgan fingerprint density at radius 3 is 3.06 bits per heavy atom. The van der Waals surface area contributed by atoms with Gasteiger partial charge in [0.05, 0.1) is 19.3 Å². The average Bonchev–Trinajstić information content (AvgIpc) is 2.75. The molecule has 1 heterocycles. The molecule has 0 aliphatic heterocycles. The van der Waals surface area contributed by atoms with E-state index >= 15 is 0 Å². The first-order chi connectivity index (χ1) is 8.27. The van der Waals surface area contributed by atoms with Crippen molar-refractivity contribution in [2.75, 3.05) is 6.61 Å². The highest BCUT2D eigenvalue weighted by atomic mass is 32.1. The van der Waals surface area contributed by atoms with Gasteiger partial charge in [0.25, 0.3) is 0 Å². The fourth-order valence-electron chi connectivity index (χ4n) is 1.49. The van der Waals surface area contributed by atoms with Gasteiger partial charge in [-0.1, -0.05) is 25.2 Å². The molecule has 17 heavy (non-hydrogen) atoms. The Kier molecular flexibility index (Phi) is 6.95. The molecular weight excluding hydrogens is 232 g/mol. The van der Waals surface area contributed by atoms with Crippen molar-refractivity contribution in [3.05, 3.63) is 21.9 Å². The van der Waals surface area contributed by atoms with E-state index in [1.807, 2.05) is 11.4 Å². The molecule has 0 saturated heterocycles. The second-order valence-corrected chi connectivity index (χ2v) is 4.94. The zero-order valence-corrected chi connectivity index (χ0v) is 11.3. The highest BCUT2D eigenvalue weighted by molar-refractivity contribution is 7.10. The van der Waals surface area contributed by atoms with Crippen LogP contribution in [0, 0.1) is 11.8 Å². The molecule has 2 nitrogen and oxygen atoms in total. The summed E-state index contributed by atoms with van der Waals surface area (Å²) in [7, 11) is 0. The number of ether oxygens (including phenoxy) is 1. The smallest absolute Gasteiger partial charge is 0.0825 e. The molecule has 0 aromatic carbocycles. The maximum Gasteiger partial charge on any atom is 0.0825 e. The van der Waals surface area contributed by atoms with Gasteiger partial charge in [-0.15, -0.1) is 11.3 Å². The van der Waals surface area contributed by atoms with Crippen molar-refractivity contribution in [2.24, 2.45) is 0 Å². The average molecular weight is 252 g/mol. The normalized spacial score (nSPS) is 11.9. The summed E-state index contributed by atoms with van der Waals surface area (Å²) in [6, 6.07) is 2.01. The van der Waals surface area contributed by atoms with Crippen LogP contribution in [-0.4, -0.2) is 17.8 Å². The van der Waals surface area contributed by atoms with Crippen molar-refractivity contribution in [3.8, 4) is 11.8 Å². The molecule has 1 aromatic heterocycles. The van der Waals surface area contributed by atoms with E-state index in [0.29, 0.717) is 19.1 Å². The van der Waals surface area contributed by atoms with Crippen LogP contribution in [0.25, 0.3) is 0 Å². The maximum atomic E-state index is 8.67. The van der Waals surface area contributed by atoms with E-state index in [2.05, 4.69) is 25.7 Å². The number of aliphatic hydroxyl groups excluding tert-OH is 1. The molecule has 0 bridgehead atoms. The monoisotopic (exact) mass is 252 g/mol. The van der Waals surface area contributed by atoms with Crippen LogP contribution in [0.3, 0.4) is 0 Å². The van der Waals surface area contributed by atoms with Crippen molar-refractivity contribution in [1.29, 1.82) is 0 Å². The van der Waals surface area contributed by atoms with Gasteiger partial charge in [-0.05, 0) is 24.8 Å². The molecule has 3 heteroatoms. The Morgan fingerprint density at radius 2 is 2.35 bits per heavy atom. The zero-order valence-electron chi connectivity index (χ0n) is 10.5. The fraction of sp³-hybridized carbons (Fsp3) is 0.571. The van der Waals surface area contributed by atoms with Gasteiger partial charge >= 0.3 is 0 Å². The lowest BCUT2D eigenvalue weighted by Crippen LogP contribution is -2.07. The second kappa shape index (κ2) is 8.30. The summed E-state index contributed by atoms with van der Waals surface area (Å²) in [5, 5.41) is 10.7. The first-order valence-corrected chi connectivity index (χ1v) is 6.93. The Balaban J connectivity index is 2.49. The van der Waals surface area contributed by atoms with Crippen LogP contribution in [0.1, 0.15) is 43.6 Å². The summed E-state index contributed by atoms with van der Waals surface area (Å²) in [5.41, 5.74) is 1.03. The van der Waals surface area contributed by atoms with E-state index in [1.165, 1.54) is 4.88 Å². The number of thiophene rings is 1. The number of hydrogen-bond donors (Lipinski definition) is 1. The van der Waals surface area contributed by atoms with Crippen molar-refractivity contribution in [3.63, 3.8) is 0 Å². The van der Waals surface area contributed by atoms with Crippen LogP contribution in [0.5, 0.6) is 0 Å². The van der Waals surface area contributed by atoms with E-state index in [1.54, 1.807) is 11.3 Å². The van der Waals surface area contributed by atoms with Gasteiger partial charge in [0.1, 0.15) is 0 Å². The molecule has 0 aliphatic carbocycles. The van der Waals surface area contributed by atoms with Gasteiger partial charge in [0.2, 0.25) is 0 Å². The third-order valence-electron chi connectivity index (χ3n) is 2.40. The van der Waals surface area contributed by atoms with Crippen LogP contribution < -0.4 is 0 Å². The van der Waals surface area contributed by atoms with E-state index < -0.39 is 0 Å². The Bertz CT molecular complexity index is 373. The van der Waals surface area contributed by atoms with Crippen LogP contribution in [0.2, 0.25) is 0 Å². The minimum atomic E-state index is 0.122. The predicted molar refractivity (Wildman–Crippen MR) is 72.1 cm³/mol. The summed E-state index contributed by atoms with van der Waals surface area (Å²) in [6.45, 7) is 5.03. The molecule has 1 atom stereocenters. The van der Waals surface area contributed by atoms with Crippen molar-refractivity contribution < 1.29 is 9.84 Å². The maximum absolute atomic E-state index is 8.67. The molecule has 0 spiro atoms. The Labute approximate surface area is 108 Å². The van der Waals surface area contributed by atoms with Gasteiger partial charge in [0, 0.05) is 16.9 Å². The van der Waals surface area contributed by atoms with Crippen LogP contribution in [0.4, 0.5) is 0 Å². The van der Waals surface area contributed by atoms with E-state index in [4.69, 9.17) is 9.84 Å². The molecule has 94 valence electrons. The predicted octanol–water partition coefficient (Wildman–Crippen LogP) is 3.19. The summed E-state index contributed by atoms with van der Waals surface area (Å²) in [4.78, 5) is 1.18. The van der Waals surface area contributed by atoms with Crippen molar-refractivity contribution >= 4 is 11.3 Å². The summed E-state index contributed by atoms with van der Waals surface area (Å²) in [5.74, 6) is 6.01. The second-order valence-electron chi connectivity index (χ2n) is 3.94. The lowest BCUT2D eigenvalue weighted by Gasteiger charge is -2.10. The fourth-order valence-corrected chi connectivity index (χ4v) is 2.24. The zero-order chi connectivity index (χ0) is 12.5. The number of aliphatic hydroxyl groups is 1. The molecule has 1 aromatic rings. The highest BCUT2D eigenvalue weighted by Crippen LogP contribution is 2.18. The van der Waals surface area contributed by atoms with Crippen LogP contribution in [-0.2, 0) is 11.3 Å². The molecule has 0 amide bonds. The largest absolute Gasteiger partial charge is 0.395 e. The standard InChI is InChI=1S/C14H20O2S/c1-3-6-12(2)16-11-14-13(8-10-17-14)7-4-5-9-15/h8,10,12,15H,3,5-6,9,11H2,1-2H3. The molecule has 0 aliphatic rings. The van der Waals surface area contributed by atoms with Gasteiger partial charge in [0.15, 0.2) is 0 Å². The third-order valence-corrected chi connectivity index (χ3v) is 3.29. The minimum absolute atomic E-state index is 0.122. The van der Waals surface area contributed by atoms with E-state index in [9.17, 15) is 0 Å². The van der Waals surface area contributed by atoms with Crippen molar-refractivity contribution in [1.82, 2.24) is 0 Å². The molecule has 0 fully saturated rings. The van der Waals surface area contributed by atoms with Gasteiger partial charge in [-0.25, -0.2) is 0 Å². The highest BCUT2D eigenvalue weighted by Gasteiger charge is 2.05. The lowest BCUT2D eigenvalue weighted by molar-refractivity contribution is 0.0487. The number of hydrogen-bond acceptors (Lipinski definition) is 3. The van der Waals surface area contributed by atoms with Crippen LogP contribution >= 0.6 is 11.3 Å². The molecule has 1 rings (SSSR count). The van der Waals surface area contributed by atoms with Gasteiger partial charge in [-0.2, -0.15) is 0 Å². The molecular formula is C14H20O2S. The summed E-state index contributed by atoms with van der Waals surface area (Å²) < 4.78 is 5.77. The minimum Gasteiger partial charge on any atom is -0.395 e. The molecule has 0 radical (unpaired) electrons. The topological polar surface area (TPSA) is 29.5 Å². The summed E-state index contributed by atoms with van der Waals surface area (Å²) in [6.07, 6.45) is 3.08. The summed E-state index contributed by atoms with van der Waals surface area (Å²) >= 11 is 1.68. The lowest BCUT2D eigenvalue weighted by atomic mass is 10.2. The Hall–Kier alpha value is -0.820. The van der Waals surface area contributed by atoms with Crippen LogP contribution in [0.15, 0.2) is 11.4 Å². The first-order valence-electron chi connectivity index (χ1n) is 6.05. The van der Waals surface area contributed by atoms with Gasteiger partial charge in [-0.3, -0.25) is 0 Å². The van der Waals surface area contributed by atoms with E-state index in [0.717, 1.165) is 18.4 Å². The van der Waals surface area contributed by atoms with Crippen molar-refractivity contribution in [2.45, 2.75) is 45.8 Å². The molecule has 1 unspecified atom stereocenters. The Morgan fingerprint density at radius 1 is 1.53 bits per heavy atom. The van der Waals surface area contributed by atoms with E-state index in [-0.39, 0.29) is 6.61 Å². The third kappa shape index (κ3) is 5.36. The molecule has 0 saturated carbocycles. The SMILES string of the molecule is CCCC(C)OCc1sccc1C#CCCO. The van der Waals surface area contributed by atoms with Gasteiger partial charge < -0.3 is 9.84 Å².